The summed E-state index contributed by atoms with van der Waals surface area (Å²) in [6, 6.07) is 9.54. The number of amides is 1. The highest BCUT2D eigenvalue weighted by Gasteiger charge is 2.29. The quantitative estimate of drug-likeness (QED) is 0.362. The van der Waals surface area contributed by atoms with Crippen LogP contribution in [0.25, 0.3) is 5.57 Å². The summed E-state index contributed by atoms with van der Waals surface area (Å²) in [5.41, 5.74) is 7.26. The van der Waals surface area contributed by atoms with Crippen LogP contribution in [-0.2, 0) is 4.79 Å². The topological polar surface area (TPSA) is 41.1 Å². The minimum atomic E-state index is -4.36. The van der Waals surface area contributed by atoms with Crippen LogP contribution in [-0.4, -0.2) is 12.1 Å². The van der Waals surface area contributed by atoms with E-state index in [0.717, 1.165) is 18.9 Å². The predicted octanol–water partition coefficient (Wildman–Crippen LogP) is 6.88. The highest BCUT2D eigenvalue weighted by Crippen LogP contribution is 2.36. The summed E-state index contributed by atoms with van der Waals surface area (Å²) < 4.78 is 38.4. The molecule has 2 aromatic carbocycles. The van der Waals surface area contributed by atoms with Gasteiger partial charge in [-0.2, -0.15) is 13.2 Å². The first-order valence-electron chi connectivity index (χ1n) is 8.72. The van der Waals surface area contributed by atoms with Gasteiger partial charge in [0.15, 0.2) is 0 Å². The van der Waals surface area contributed by atoms with E-state index in [4.69, 9.17) is 34.8 Å². The van der Waals surface area contributed by atoms with Crippen LogP contribution >= 0.6 is 34.8 Å². The zero-order valence-electron chi connectivity index (χ0n) is 14.9. The fourth-order valence-electron chi connectivity index (χ4n) is 2.65. The zero-order chi connectivity index (χ0) is 21.2. The Morgan fingerprint density at radius 3 is 2.14 bits per heavy atom. The molecule has 0 spiro atoms. The molecule has 0 unspecified atom stereocenters. The number of hydrogen-bond donors (Lipinski definition) is 2. The summed E-state index contributed by atoms with van der Waals surface area (Å²) >= 11 is 18.1. The van der Waals surface area contributed by atoms with Crippen molar-refractivity contribution in [3.8, 4) is 0 Å². The molecule has 0 radical (unpaired) electrons. The molecule has 0 aliphatic heterocycles. The Hall–Kier alpha value is -1.89. The van der Waals surface area contributed by atoms with Gasteiger partial charge in [-0.05, 0) is 53.8 Å². The van der Waals surface area contributed by atoms with Crippen LogP contribution in [0.2, 0.25) is 15.1 Å². The third-order valence-electron chi connectivity index (χ3n) is 4.31. The van der Waals surface area contributed by atoms with Crippen molar-refractivity contribution in [2.75, 3.05) is 5.43 Å². The third-order valence-corrected chi connectivity index (χ3v) is 5.50. The monoisotopic (exact) mass is 462 g/mol. The summed E-state index contributed by atoms with van der Waals surface area (Å²) in [5, 5.41) is 0.430. The van der Waals surface area contributed by atoms with E-state index in [1.54, 1.807) is 24.3 Å². The lowest BCUT2D eigenvalue weighted by atomic mass is 9.96. The molecule has 0 bridgehead atoms. The minimum absolute atomic E-state index is 0.0538. The first-order valence-corrected chi connectivity index (χ1v) is 9.85. The molecule has 9 heteroatoms. The van der Waals surface area contributed by atoms with Crippen molar-refractivity contribution in [1.29, 1.82) is 0 Å². The van der Waals surface area contributed by atoms with Gasteiger partial charge in [0.2, 0.25) is 5.91 Å². The van der Waals surface area contributed by atoms with Crippen molar-refractivity contribution >= 4 is 52.0 Å². The molecule has 0 heterocycles. The number of nitrogens with one attached hydrogen (secondary N) is 2. The van der Waals surface area contributed by atoms with E-state index in [2.05, 4.69) is 10.9 Å². The number of alkyl halides is 3. The van der Waals surface area contributed by atoms with Gasteiger partial charge in [-0.15, -0.1) is 0 Å². The van der Waals surface area contributed by atoms with Crippen LogP contribution in [0.5, 0.6) is 0 Å². The molecule has 1 aliphatic carbocycles. The number of hydrazine groups is 1. The Bertz CT molecular complexity index is 916. The second-order valence-corrected chi connectivity index (χ2v) is 7.85. The van der Waals surface area contributed by atoms with E-state index in [-0.39, 0.29) is 26.9 Å². The highest BCUT2D eigenvalue weighted by molar-refractivity contribution is 6.48. The summed E-state index contributed by atoms with van der Waals surface area (Å²) in [7, 11) is 0. The maximum absolute atomic E-state index is 12.8. The van der Waals surface area contributed by atoms with Crippen molar-refractivity contribution in [2.45, 2.75) is 25.4 Å². The summed E-state index contributed by atoms with van der Waals surface area (Å²) in [6.07, 6.45) is -2.64. The molecule has 3 rings (SSSR count). The molecule has 29 heavy (non-hydrogen) atoms. The molecule has 3 nitrogen and oxygen atoms in total. The Labute approximate surface area is 180 Å². The molecule has 1 amide bonds. The van der Waals surface area contributed by atoms with Crippen molar-refractivity contribution in [3.05, 3.63) is 68.7 Å². The molecule has 1 saturated carbocycles. The SMILES string of the molecule is O=C(NNc1ccc(/C(=C\CC(F)(F)F)c2cc(Cl)c(Cl)c(Cl)c2)cc1)C1CC1. The average Bonchev–Trinajstić information content (AvgIpc) is 3.49. The Balaban J connectivity index is 1.86. The lowest BCUT2D eigenvalue weighted by molar-refractivity contribution is -0.125. The fraction of sp³-hybridized carbons (Fsp3) is 0.250. The number of anilines is 1. The van der Waals surface area contributed by atoms with E-state index >= 15 is 0 Å². The number of hydrogen-bond acceptors (Lipinski definition) is 2. The van der Waals surface area contributed by atoms with Gasteiger partial charge in [0.1, 0.15) is 0 Å². The van der Waals surface area contributed by atoms with E-state index < -0.39 is 12.6 Å². The van der Waals surface area contributed by atoms with Gasteiger partial charge < -0.3 is 0 Å². The smallest absolute Gasteiger partial charge is 0.299 e. The van der Waals surface area contributed by atoms with Crippen LogP contribution < -0.4 is 10.9 Å². The summed E-state index contributed by atoms with van der Waals surface area (Å²) in [5.74, 6) is -0.0247. The second-order valence-electron chi connectivity index (χ2n) is 6.66. The van der Waals surface area contributed by atoms with Crippen LogP contribution in [0.1, 0.15) is 30.4 Å². The van der Waals surface area contributed by atoms with Gasteiger partial charge in [0.25, 0.3) is 0 Å². The molecule has 1 aliphatic rings. The van der Waals surface area contributed by atoms with Crippen molar-refractivity contribution in [1.82, 2.24) is 5.43 Å². The first kappa shape index (κ1) is 21.8. The molecule has 2 aromatic rings. The summed E-state index contributed by atoms with van der Waals surface area (Å²) in [6.45, 7) is 0. The highest BCUT2D eigenvalue weighted by atomic mass is 35.5. The summed E-state index contributed by atoms with van der Waals surface area (Å²) in [4.78, 5) is 11.7. The zero-order valence-corrected chi connectivity index (χ0v) is 17.2. The molecule has 0 aromatic heterocycles. The van der Waals surface area contributed by atoms with E-state index in [1.807, 2.05) is 0 Å². The van der Waals surface area contributed by atoms with Crippen molar-refractivity contribution < 1.29 is 18.0 Å². The van der Waals surface area contributed by atoms with Gasteiger partial charge in [0, 0.05) is 5.92 Å². The fourth-order valence-corrected chi connectivity index (χ4v) is 3.24. The standard InChI is InChI=1S/C20H16Cl3F3N2O/c21-16-9-13(10-17(22)18(16)23)15(7-8-20(24,25)26)11-3-5-14(6-4-11)27-28-19(29)12-1-2-12/h3-7,9-10,12,27H,1-2,8H2,(H,28,29)/b15-7+. The van der Waals surface area contributed by atoms with Crippen LogP contribution in [0.3, 0.4) is 0 Å². The van der Waals surface area contributed by atoms with Crippen LogP contribution in [0.15, 0.2) is 42.5 Å². The lowest BCUT2D eigenvalue weighted by Crippen LogP contribution is -2.30. The Kier molecular flexibility index (Phi) is 6.66. The number of allylic oxidation sites excluding steroid dienone is 1. The molecule has 0 saturated heterocycles. The van der Waals surface area contributed by atoms with Gasteiger partial charge in [-0.3, -0.25) is 15.6 Å². The van der Waals surface area contributed by atoms with Crippen molar-refractivity contribution in [2.24, 2.45) is 5.92 Å². The molecule has 1 fully saturated rings. The number of benzene rings is 2. The minimum Gasteiger partial charge on any atom is -0.299 e. The molecular weight excluding hydrogens is 448 g/mol. The normalized spacial score (nSPS) is 14.6. The van der Waals surface area contributed by atoms with E-state index in [1.165, 1.54) is 12.1 Å². The van der Waals surface area contributed by atoms with E-state index in [0.29, 0.717) is 22.4 Å². The molecule has 2 N–H and O–H groups in total. The van der Waals surface area contributed by atoms with Gasteiger partial charge in [-0.1, -0.05) is 53.0 Å². The van der Waals surface area contributed by atoms with Crippen LogP contribution in [0, 0.1) is 5.92 Å². The maximum Gasteiger partial charge on any atom is 0.392 e. The van der Waals surface area contributed by atoms with Crippen molar-refractivity contribution in [3.63, 3.8) is 0 Å². The number of carbonyl (C=O) groups excluding carboxylic acids is 1. The average molecular weight is 464 g/mol. The van der Waals surface area contributed by atoms with Gasteiger partial charge in [0.05, 0.1) is 27.2 Å². The molecular formula is C20H16Cl3F3N2O. The Morgan fingerprint density at radius 1 is 1.03 bits per heavy atom. The van der Waals surface area contributed by atoms with Gasteiger partial charge in [-0.25, -0.2) is 0 Å². The number of halogens is 6. The molecule has 0 atom stereocenters. The van der Waals surface area contributed by atoms with E-state index in [9.17, 15) is 18.0 Å². The largest absolute Gasteiger partial charge is 0.392 e. The second kappa shape index (κ2) is 8.86. The third kappa shape index (κ3) is 6.04. The maximum atomic E-state index is 12.8. The number of carbonyl (C=O) groups is 1. The Morgan fingerprint density at radius 2 is 1.62 bits per heavy atom. The van der Waals surface area contributed by atoms with Crippen LogP contribution in [0.4, 0.5) is 18.9 Å². The lowest BCUT2D eigenvalue weighted by Gasteiger charge is -2.14. The number of rotatable bonds is 6. The molecule has 154 valence electrons. The first-order chi connectivity index (χ1) is 13.6. The van der Waals surface area contributed by atoms with Gasteiger partial charge >= 0.3 is 6.18 Å². The predicted molar refractivity (Wildman–Crippen MR) is 110 cm³/mol.